The third-order valence-electron chi connectivity index (χ3n) is 4.81. The van der Waals surface area contributed by atoms with Gasteiger partial charge < -0.3 is 14.8 Å². The minimum atomic E-state index is -3.82. The van der Waals surface area contributed by atoms with Gasteiger partial charge in [0.15, 0.2) is 16.6 Å². The lowest BCUT2D eigenvalue weighted by Crippen LogP contribution is -2.15. The molecule has 0 saturated carbocycles. The predicted octanol–water partition coefficient (Wildman–Crippen LogP) is 5.36. The second kappa shape index (κ2) is 11.0. The molecule has 0 saturated heterocycles. The van der Waals surface area contributed by atoms with Gasteiger partial charge in [-0.3, -0.25) is 0 Å². The maximum absolute atomic E-state index is 12.7. The average Bonchev–Trinajstić information content (AvgIpc) is 3.26. The molecule has 0 aliphatic heterocycles. The zero-order valence-corrected chi connectivity index (χ0v) is 22.7. The Bertz CT molecular complexity index is 1410. The van der Waals surface area contributed by atoms with Crippen LogP contribution in [-0.2, 0) is 10.0 Å². The number of anilines is 3. The van der Waals surface area contributed by atoms with Crippen molar-refractivity contribution in [2.45, 2.75) is 18.7 Å². The third kappa shape index (κ3) is 6.27. The molecule has 35 heavy (non-hydrogen) atoms. The van der Waals surface area contributed by atoms with Gasteiger partial charge in [-0.2, -0.15) is 0 Å². The molecular weight excluding hydrogens is 554 g/mol. The Labute approximate surface area is 218 Å². The Hall–Kier alpha value is -3.22. The van der Waals surface area contributed by atoms with Crippen molar-refractivity contribution in [3.63, 3.8) is 0 Å². The lowest BCUT2D eigenvalue weighted by atomic mass is 10.1. The van der Waals surface area contributed by atoms with E-state index in [-0.39, 0.29) is 27.8 Å². The van der Waals surface area contributed by atoms with Gasteiger partial charge in [-0.25, -0.2) is 28.1 Å². The molecule has 12 heteroatoms. The summed E-state index contributed by atoms with van der Waals surface area (Å²) < 4.78 is 38.5. The second-order valence-electron chi connectivity index (χ2n) is 7.34. The highest BCUT2D eigenvalue weighted by Gasteiger charge is 2.16. The van der Waals surface area contributed by atoms with E-state index in [0.717, 1.165) is 11.3 Å². The Kier molecular flexibility index (Phi) is 8.30. The number of nitrogens with one attached hydrogen (secondary N) is 2. The number of halogens is 1. The number of hydrogen-bond acceptors (Lipinski definition) is 9. The minimum Gasteiger partial charge on any atom is -0.493 e. The van der Waals surface area contributed by atoms with E-state index in [1.807, 2.05) is 23.6 Å². The molecule has 0 spiro atoms. The Morgan fingerprint density at radius 2 is 1.51 bits per heavy atom. The van der Waals surface area contributed by atoms with Crippen LogP contribution in [0.5, 0.6) is 11.5 Å². The van der Waals surface area contributed by atoms with E-state index < -0.39 is 10.0 Å². The van der Waals surface area contributed by atoms with Gasteiger partial charge in [-0.05, 0) is 62.4 Å². The largest absolute Gasteiger partial charge is 0.493 e. The zero-order valence-electron chi connectivity index (χ0n) is 19.4. The van der Waals surface area contributed by atoms with E-state index in [1.165, 1.54) is 23.5 Å². The first-order valence-corrected chi connectivity index (χ1v) is 12.5. The fraction of sp³-hybridized carbons (Fsp3) is 0.174. The van der Waals surface area contributed by atoms with Crippen LogP contribution in [0.2, 0.25) is 0 Å². The summed E-state index contributed by atoms with van der Waals surface area (Å²) in [6, 6.07) is 13.7. The lowest BCUT2D eigenvalue weighted by Gasteiger charge is -2.09. The minimum absolute atomic E-state index is 0. The van der Waals surface area contributed by atoms with Crippen molar-refractivity contribution in [2.75, 3.05) is 24.3 Å². The summed E-state index contributed by atoms with van der Waals surface area (Å²) >= 11 is 1.44. The summed E-state index contributed by atoms with van der Waals surface area (Å²) in [5.41, 5.74) is 3.74. The molecule has 0 aliphatic carbocycles. The molecule has 0 amide bonds. The number of rotatable bonds is 8. The lowest BCUT2D eigenvalue weighted by molar-refractivity contribution is 0.355. The first-order valence-electron chi connectivity index (χ1n) is 10.2. The first-order chi connectivity index (χ1) is 16.3. The second-order valence-corrected chi connectivity index (χ2v) is 9.88. The molecule has 184 valence electrons. The number of thiazole rings is 1. The number of hydrogen-bond donors (Lipinski definition) is 2. The Morgan fingerprint density at radius 3 is 2.14 bits per heavy atom. The predicted molar refractivity (Wildman–Crippen MR) is 143 cm³/mol. The van der Waals surface area contributed by atoms with Gasteiger partial charge in [0.2, 0.25) is 5.95 Å². The maximum atomic E-state index is 12.7. The fourth-order valence-electron chi connectivity index (χ4n) is 3.25. The van der Waals surface area contributed by atoms with Gasteiger partial charge in [0.1, 0.15) is 0 Å². The molecule has 2 N–H and O–H groups in total. The van der Waals surface area contributed by atoms with Crippen molar-refractivity contribution in [3.05, 3.63) is 65.3 Å². The number of ether oxygens (including phenoxy) is 2. The standard InChI is InChI=1S/C23H23N5O4S2.BrH/c1-14-11-15(2)25-22(24-14)28-34(29,30)18-8-6-17(7-9-18)26-23-27-19(13-33-23)16-5-10-20(31-3)21(12-16)32-4;/h5-13H,1-4H3,(H,26,27)(H,24,25,28);1H. The van der Waals surface area contributed by atoms with Crippen LogP contribution in [0, 0.1) is 13.8 Å². The molecule has 2 aromatic heterocycles. The topological polar surface area (TPSA) is 115 Å². The highest BCUT2D eigenvalue weighted by atomic mass is 79.9. The number of methoxy groups -OCH3 is 2. The molecule has 2 aromatic carbocycles. The first kappa shape index (κ1) is 26.4. The third-order valence-corrected chi connectivity index (χ3v) is 6.91. The molecule has 0 fully saturated rings. The maximum Gasteiger partial charge on any atom is 0.264 e. The number of nitrogens with zero attached hydrogens (tertiary/aromatic N) is 3. The quantitative estimate of drug-likeness (QED) is 0.287. The van der Waals surface area contributed by atoms with Gasteiger partial charge in [0, 0.05) is 28.0 Å². The molecule has 0 bridgehead atoms. The van der Waals surface area contributed by atoms with Gasteiger partial charge in [0.25, 0.3) is 10.0 Å². The van der Waals surface area contributed by atoms with Crippen LogP contribution in [0.1, 0.15) is 11.4 Å². The van der Waals surface area contributed by atoms with Crippen molar-refractivity contribution in [1.82, 2.24) is 15.0 Å². The normalized spacial score (nSPS) is 10.9. The molecule has 0 unspecified atom stereocenters. The van der Waals surface area contributed by atoms with Crippen molar-refractivity contribution < 1.29 is 17.9 Å². The highest BCUT2D eigenvalue weighted by molar-refractivity contribution is 8.93. The number of aryl methyl sites for hydroxylation is 2. The number of sulfonamides is 1. The SMILES string of the molecule is Br.COc1ccc(-c2csc(Nc3ccc(S(=O)(=O)Nc4nc(C)cc(C)n4)cc3)n2)cc1OC. The number of benzene rings is 2. The van der Waals surface area contributed by atoms with Gasteiger partial charge >= 0.3 is 0 Å². The summed E-state index contributed by atoms with van der Waals surface area (Å²) in [7, 11) is -0.642. The highest BCUT2D eigenvalue weighted by Crippen LogP contribution is 2.34. The summed E-state index contributed by atoms with van der Waals surface area (Å²) in [5.74, 6) is 1.32. The van der Waals surface area contributed by atoms with Gasteiger partial charge in [-0.1, -0.05) is 0 Å². The van der Waals surface area contributed by atoms with Crippen molar-refractivity contribution in [2.24, 2.45) is 0 Å². The summed E-state index contributed by atoms with van der Waals surface area (Å²) in [4.78, 5) is 13.0. The molecule has 4 aromatic rings. The Morgan fingerprint density at radius 1 is 0.857 bits per heavy atom. The molecule has 0 radical (unpaired) electrons. The zero-order chi connectivity index (χ0) is 24.3. The van der Waals surface area contributed by atoms with E-state index in [4.69, 9.17) is 9.47 Å². The summed E-state index contributed by atoms with van der Waals surface area (Å²) in [6.07, 6.45) is 0. The molecule has 0 aliphatic rings. The van der Waals surface area contributed by atoms with Crippen LogP contribution in [0.25, 0.3) is 11.3 Å². The van der Waals surface area contributed by atoms with Gasteiger partial charge in [0.05, 0.1) is 24.8 Å². The van der Waals surface area contributed by atoms with E-state index in [2.05, 4.69) is 25.0 Å². The van der Waals surface area contributed by atoms with Gasteiger partial charge in [-0.15, -0.1) is 28.3 Å². The molecule has 0 atom stereocenters. The molecular formula is C23H24BrN5O4S2. The number of aromatic nitrogens is 3. The van der Waals surface area contributed by atoms with Crippen molar-refractivity contribution in [1.29, 1.82) is 0 Å². The van der Waals surface area contributed by atoms with Crippen LogP contribution in [0.4, 0.5) is 16.8 Å². The molecule has 4 rings (SSSR count). The smallest absolute Gasteiger partial charge is 0.264 e. The van der Waals surface area contributed by atoms with Crippen molar-refractivity contribution in [3.8, 4) is 22.8 Å². The van der Waals surface area contributed by atoms with E-state index in [9.17, 15) is 8.42 Å². The fourth-order valence-corrected chi connectivity index (χ4v) is 4.93. The van der Waals surface area contributed by atoms with Crippen LogP contribution in [0.3, 0.4) is 0 Å². The van der Waals surface area contributed by atoms with Crippen LogP contribution < -0.4 is 19.5 Å². The summed E-state index contributed by atoms with van der Waals surface area (Å²) in [5, 5.41) is 5.80. The molecule has 9 nitrogen and oxygen atoms in total. The van der Waals surface area contributed by atoms with Crippen molar-refractivity contribution >= 4 is 55.1 Å². The summed E-state index contributed by atoms with van der Waals surface area (Å²) in [6.45, 7) is 3.56. The van der Waals surface area contributed by atoms with Crippen LogP contribution in [-0.4, -0.2) is 37.6 Å². The average molecular weight is 579 g/mol. The van der Waals surface area contributed by atoms with Crippen LogP contribution >= 0.6 is 28.3 Å². The van der Waals surface area contributed by atoms with Crippen LogP contribution in [0.15, 0.2) is 58.8 Å². The monoisotopic (exact) mass is 577 g/mol. The van der Waals surface area contributed by atoms with E-state index >= 15 is 0 Å². The molecule has 2 heterocycles. The van der Waals surface area contributed by atoms with E-state index in [0.29, 0.717) is 33.7 Å². The Balaban J connectivity index is 0.00000342. The van der Waals surface area contributed by atoms with E-state index in [1.54, 1.807) is 46.3 Å².